The highest BCUT2D eigenvalue weighted by molar-refractivity contribution is 4.78. The highest BCUT2D eigenvalue weighted by Crippen LogP contribution is 2.23. The van der Waals surface area contributed by atoms with Gasteiger partial charge in [-0.05, 0) is 45.7 Å². The van der Waals surface area contributed by atoms with Crippen molar-refractivity contribution in [3.8, 4) is 0 Å². The SMILES string of the molecule is CCCN(C)[C@H]1CC[C@H](OC)CC1. The van der Waals surface area contributed by atoms with Gasteiger partial charge < -0.3 is 9.64 Å². The Hall–Kier alpha value is -0.0800. The molecule has 0 aromatic rings. The van der Waals surface area contributed by atoms with Gasteiger partial charge in [0.15, 0.2) is 0 Å². The molecule has 1 aliphatic rings. The van der Waals surface area contributed by atoms with Gasteiger partial charge in [0.05, 0.1) is 6.10 Å². The highest BCUT2D eigenvalue weighted by Gasteiger charge is 2.22. The van der Waals surface area contributed by atoms with Gasteiger partial charge in [0.2, 0.25) is 0 Å². The topological polar surface area (TPSA) is 12.5 Å². The van der Waals surface area contributed by atoms with E-state index < -0.39 is 0 Å². The summed E-state index contributed by atoms with van der Waals surface area (Å²) in [4.78, 5) is 2.51. The second kappa shape index (κ2) is 5.61. The van der Waals surface area contributed by atoms with Crippen molar-refractivity contribution in [3.05, 3.63) is 0 Å². The molecular weight excluding hydrogens is 162 g/mol. The summed E-state index contributed by atoms with van der Waals surface area (Å²) in [5.74, 6) is 0. The van der Waals surface area contributed by atoms with Gasteiger partial charge in [-0.15, -0.1) is 0 Å². The van der Waals surface area contributed by atoms with Crippen LogP contribution in [0.1, 0.15) is 39.0 Å². The van der Waals surface area contributed by atoms with Crippen molar-refractivity contribution in [2.45, 2.75) is 51.2 Å². The monoisotopic (exact) mass is 185 g/mol. The fraction of sp³-hybridized carbons (Fsp3) is 1.00. The standard InChI is InChI=1S/C11H23NO/c1-4-9-12(2)10-5-7-11(13-3)8-6-10/h10-11H,4-9H2,1-3H3/t10-,11-. The van der Waals surface area contributed by atoms with E-state index in [2.05, 4.69) is 18.9 Å². The Bertz CT molecular complexity index is 130. The van der Waals surface area contributed by atoms with Gasteiger partial charge in [-0.3, -0.25) is 0 Å². The van der Waals surface area contributed by atoms with Crippen molar-refractivity contribution >= 4 is 0 Å². The first kappa shape index (κ1) is 11.0. The third-order valence-corrected chi connectivity index (χ3v) is 3.18. The Balaban J connectivity index is 2.23. The lowest BCUT2D eigenvalue weighted by Gasteiger charge is -2.33. The molecule has 0 unspecified atom stereocenters. The van der Waals surface area contributed by atoms with Crippen LogP contribution in [0, 0.1) is 0 Å². The molecule has 0 heterocycles. The van der Waals surface area contributed by atoms with E-state index in [0.29, 0.717) is 6.10 Å². The molecule has 1 fully saturated rings. The summed E-state index contributed by atoms with van der Waals surface area (Å²) in [5.41, 5.74) is 0. The molecule has 0 aromatic carbocycles. The largest absolute Gasteiger partial charge is 0.381 e. The normalized spacial score (nSPS) is 29.5. The van der Waals surface area contributed by atoms with E-state index in [4.69, 9.17) is 4.74 Å². The summed E-state index contributed by atoms with van der Waals surface area (Å²) in [5, 5.41) is 0. The molecule has 2 nitrogen and oxygen atoms in total. The zero-order valence-corrected chi connectivity index (χ0v) is 9.25. The van der Waals surface area contributed by atoms with E-state index in [9.17, 15) is 0 Å². The molecule has 0 aromatic heterocycles. The van der Waals surface area contributed by atoms with Crippen molar-refractivity contribution in [2.75, 3.05) is 20.7 Å². The Morgan fingerprint density at radius 1 is 1.23 bits per heavy atom. The molecule has 0 radical (unpaired) electrons. The van der Waals surface area contributed by atoms with Crippen molar-refractivity contribution < 1.29 is 4.74 Å². The predicted molar refractivity (Wildman–Crippen MR) is 56.0 cm³/mol. The molecule has 0 spiro atoms. The number of hydrogen-bond acceptors (Lipinski definition) is 2. The van der Waals surface area contributed by atoms with Crippen LogP contribution in [0.5, 0.6) is 0 Å². The summed E-state index contributed by atoms with van der Waals surface area (Å²) >= 11 is 0. The van der Waals surface area contributed by atoms with E-state index >= 15 is 0 Å². The second-order valence-electron chi connectivity index (χ2n) is 4.15. The Labute approximate surface area is 82.3 Å². The predicted octanol–water partition coefficient (Wildman–Crippen LogP) is 2.29. The molecule has 0 saturated heterocycles. The van der Waals surface area contributed by atoms with Crippen molar-refractivity contribution in [1.29, 1.82) is 0 Å². The van der Waals surface area contributed by atoms with Gasteiger partial charge in [0, 0.05) is 13.2 Å². The van der Waals surface area contributed by atoms with Crippen LogP contribution < -0.4 is 0 Å². The summed E-state index contributed by atoms with van der Waals surface area (Å²) in [6.45, 7) is 3.49. The van der Waals surface area contributed by atoms with Crippen LogP contribution in [0.4, 0.5) is 0 Å². The first-order chi connectivity index (χ1) is 6.27. The van der Waals surface area contributed by atoms with Gasteiger partial charge in [-0.2, -0.15) is 0 Å². The summed E-state index contributed by atoms with van der Waals surface area (Å²) in [6.07, 6.45) is 6.92. The number of ether oxygens (including phenoxy) is 1. The van der Waals surface area contributed by atoms with Crippen molar-refractivity contribution in [3.63, 3.8) is 0 Å². The minimum Gasteiger partial charge on any atom is -0.381 e. The van der Waals surface area contributed by atoms with E-state index in [1.54, 1.807) is 0 Å². The highest BCUT2D eigenvalue weighted by atomic mass is 16.5. The molecule has 0 N–H and O–H groups in total. The van der Waals surface area contributed by atoms with E-state index in [0.717, 1.165) is 6.04 Å². The van der Waals surface area contributed by atoms with Gasteiger partial charge in [0.25, 0.3) is 0 Å². The zero-order valence-electron chi connectivity index (χ0n) is 9.25. The lowest BCUT2D eigenvalue weighted by atomic mass is 9.92. The van der Waals surface area contributed by atoms with Gasteiger partial charge in [-0.25, -0.2) is 0 Å². The third kappa shape index (κ3) is 3.28. The van der Waals surface area contributed by atoms with Crippen LogP contribution in [-0.4, -0.2) is 37.7 Å². The van der Waals surface area contributed by atoms with Crippen molar-refractivity contribution in [2.24, 2.45) is 0 Å². The van der Waals surface area contributed by atoms with Gasteiger partial charge >= 0.3 is 0 Å². The average Bonchev–Trinajstić information content (AvgIpc) is 2.18. The fourth-order valence-corrected chi connectivity index (χ4v) is 2.26. The molecule has 0 bridgehead atoms. The number of nitrogens with zero attached hydrogens (tertiary/aromatic N) is 1. The first-order valence-electron chi connectivity index (χ1n) is 5.51. The maximum absolute atomic E-state index is 5.36. The summed E-state index contributed by atoms with van der Waals surface area (Å²) in [6, 6.07) is 0.811. The number of methoxy groups -OCH3 is 1. The molecule has 1 rings (SSSR count). The van der Waals surface area contributed by atoms with Crippen molar-refractivity contribution in [1.82, 2.24) is 4.90 Å². The van der Waals surface area contributed by atoms with Crippen LogP contribution in [0.2, 0.25) is 0 Å². The quantitative estimate of drug-likeness (QED) is 0.666. The second-order valence-corrected chi connectivity index (χ2v) is 4.15. The molecule has 0 aliphatic heterocycles. The Kier molecular flexibility index (Phi) is 4.74. The number of rotatable bonds is 4. The van der Waals surface area contributed by atoms with Crippen LogP contribution in [0.15, 0.2) is 0 Å². The van der Waals surface area contributed by atoms with E-state index in [1.165, 1.54) is 38.6 Å². The smallest absolute Gasteiger partial charge is 0.0572 e. The molecular formula is C11H23NO. The lowest BCUT2D eigenvalue weighted by Crippen LogP contribution is -2.37. The van der Waals surface area contributed by atoms with E-state index in [1.807, 2.05) is 7.11 Å². The number of hydrogen-bond donors (Lipinski definition) is 0. The minimum atomic E-state index is 0.534. The summed E-state index contributed by atoms with van der Waals surface area (Å²) < 4.78 is 5.36. The maximum atomic E-state index is 5.36. The Morgan fingerprint density at radius 2 is 1.85 bits per heavy atom. The molecule has 78 valence electrons. The van der Waals surface area contributed by atoms with Crippen LogP contribution >= 0.6 is 0 Å². The molecule has 1 saturated carbocycles. The molecule has 0 amide bonds. The van der Waals surface area contributed by atoms with E-state index in [-0.39, 0.29) is 0 Å². The average molecular weight is 185 g/mol. The third-order valence-electron chi connectivity index (χ3n) is 3.18. The zero-order chi connectivity index (χ0) is 9.68. The molecule has 0 atom stereocenters. The maximum Gasteiger partial charge on any atom is 0.0572 e. The lowest BCUT2D eigenvalue weighted by molar-refractivity contribution is 0.0442. The van der Waals surface area contributed by atoms with Crippen LogP contribution in [0.3, 0.4) is 0 Å². The molecule has 13 heavy (non-hydrogen) atoms. The van der Waals surface area contributed by atoms with Crippen LogP contribution in [0.25, 0.3) is 0 Å². The molecule has 2 heteroatoms. The minimum absolute atomic E-state index is 0.534. The fourth-order valence-electron chi connectivity index (χ4n) is 2.26. The molecule has 1 aliphatic carbocycles. The summed E-state index contributed by atoms with van der Waals surface area (Å²) in [7, 11) is 4.09. The first-order valence-corrected chi connectivity index (χ1v) is 5.51. The van der Waals surface area contributed by atoms with Gasteiger partial charge in [0.1, 0.15) is 0 Å². The Morgan fingerprint density at radius 3 is 2.31 bits per heavy atom. The van der Waals surface area contributed by atoms with Gasteiger partial charge in [-0.1, -0.05) is 6.92 Å². The van der Waals surface area contributed by atoms with Crippen LogP contribution in [-0.2, 0) is 4.74 Å².